The molecule has 0 aliphatic heterocycles. The normalized spacial score (nSPS) is 14.3. The molecule has 0 radical (unpaired) electrons. The SMILES string of the molecule is [2H]c1c([2H])c([2H])c2c(c1[2H])c1c([2H])c([2H])c([2H])c([2H])c1n2-c1ccc2cc3c(cc2c1)-c1cc2ccc(N(c4ccccc4)c4cccc5c4oc4ccccc45)cc2cc1-3. The van der Waals surface area contributed by atoms with Gasteiger partial charge in [-0.05, 0) is 129 Å². The number of para-hydroxylation sites is 5. The quantitative estimate of drug-likeness (QED) is 0.184. The second-order valence-corrected chi connectivity index (χ2v) is 13.6. The van der Waals surface area contributed by atoms with Gasteiger partial charge in [-0.25, -0.2) is 0 Å². The molecular weight excluding hydrogens is 645 g/mol. The lowest BCUT2D eigenvalue weighted by Gasteiger charge is -2.28. The van der Waals surface area contributed by atoms with Crippen molar-refractivity contribution in [1.82, 2.24) is 4.57 Å². The van der Waals surface area contributed by atoms with E-state index in [1.807, 2.05) is 54.6 Å². The highest BCUT2D eigenvalue weighted by Crippen LogP contribution is 2.51. The molecule has 0 atom stereocenters. The van der Waals surface area contributed by atoms with E-state index in [0.717, 1.165) is 82.8 Å². The van der Waals surface area contributed by atoms with Crippen LogP contribution in [0.15, 0.2) is 186 Å². The second-order valence-electron chi connectivity index (χ2n) is 13.6. The molecule has 0 saturated carbocycles. The van der Waals surface area contributed by atoms with E-state index in [1.165, 1.54) is 0 Å². The molecule has 246 valence electrons. The molecule has 0 amide bonds. The van der Waals surface area contributed by atoms with E-state index >= 15 is 0 Å². The summed E-state index contributed by atoms with van der Waals surface area (Å²) in [6.07, 6.45) is 0. The highest BCUT2D eigenvalue weighted by molar-refractivity contribution is 6.14. The number of aromatic nitrogens is 1. The van der Waals surface area contributed by atoms with Crippen molar-refractivity contribution in [1.29, 1.82) is 0 Å². The van der Waals surface area contributed by atoms with Crippen molar-refractivity contribution >= 4 is 82.4 Å². The first-order valence-electron chi connectivity index (χ1n) is 21.5. The zero-order valence-corrected chi connectivity index (χ0v) is 28.0. The minimum Gasteiger partial charge on any atom is -0.454 e. The largest absolute Gasteiger partial charge is 0.454 e. The van der Waals surface area contributed by atoms with Gasteiger partial charge < -0.3 is 13.9 Å². The molecule has 0 saturated heterocycles. The van der Waals surface area contributed by atoms with Crippen molar-refractivity contribution in [2.24, 2.45) is 0 Å². The van der Waals surface area contributed by atoms with Gasteiger partial charge in [0.2, 0.25) is 0 Å². The zero-order valence-electron chi connectivity index (χ0n) is 36.0. The van der Waals surface area contributed by atoms with Crippen LogP contribution in [-0.4, -0.2) is 4.57 Å². The van der Waals surface area contributed by atoms with Crippen LogP contribution in [0.2, 0.25) is 0 Å². The van der Waals surface area contributed by atoms with Gasteiger partial charge in [-0.3, -0.25) is 0 Å². The van der Waals surface area contributed by atoms with Gasteiger partial charge in [0.25, 0.3) is 0 Å². The molecular formula is C50H30N2O. The van der Waals surface area contributed by atoms with Crippen LogP contribution in [0.1, 0.15) is 11.0 Å². The number of benzene rings is 9. The lowest BCUT2D eigenvalue weighted by molar-refractivity contribution is 0.669. The molecule has 2 heterocycles. The molecule has 9 aromatic carbocycles. The Kier molecular flexibility index (Phi) is 4.44. The van der Waals surface area contributed by atoms with Crippen molar-refractivity contribution in [2.45, 2.75) is 0 Å². The molecule has 0 N–H and O–H groups in total. The number of rotatable bonds is 4. The topological polar surface area (TPSA) is 21.3 Å². The van der Waals surface area contributed by atoms with Crippen LogP contribution in [0.4, 0.5) is 17.1 Å². The van der Waals surface area contributed by atoms with E-state index < -0.39 is 24.2 Å². The average molecular weight is 683 g/mol. The van der Waals surface area contributed by atoms with Crippen molar-refractivity contribution in [2.75, 3.05) is 4.90 Å². The smallest absolute Gasteiger partial charge is 0.159 e. The van der Waals surface area contributed by atoms with Gasteiger partial charge in [0.15, 0.2) is 5.58 Å². The summed E-state index contributed by atoms with van der Waals surface area (Å²) in [4.78, 5) is 2.25. The van der Waals surface area contributed by atoms with Crippen LogP contribution >= 0.6 is 0 Å². The molecule has 11 aromatic rings. The Morgan fingerprint density at radius 1 is 0.453 bits per heavy atom. The van der Waals surface area contributed by atoms with Gasteiger partial charge in [-0.15, -0.1) is 0 Å². The highest BCUT2D eigenvalue weighted by Gasteiger charge is 2.25. The van der Waals surface area contributed by atoms with Gasteiger partial charge in [0.05, 0.1) is 27.7 Å². The van der Waals surface area contributed by atoms with Gasteiger partial charge in [-0.1, -0.05) is 96.9 Å². The number of hydrogen-bond donors (Lipinski definition) is 0. The lowest BCUT2D eigenvalue weighted by atomic mass is 9.78. The molecule has 0 unspecified atom stereocenters. The Morgan fingerprint density at radius 3 is 1.79 bits per heavy atom. The first-order valence-corrected chi connectivity index (χ1v) is 17.5. The van der Waals surface area contributed by atoms with Crippen molar-refractivity contribution < 1.29 is 15.4 Å². The second kappa shape index (κ2) is 10.7. The van der Waals surface area contributed by atoms with E-state index in [2.05, 4.69) is 83.8 Å². The van der Waals surface area contributed by atoms with Gasteiger partial charge in [0, 0.05) is 38.6 Å². The van der Waals surface area contributed by atoms with Crippen LogP contribution in [0, 0.1) is 0 Å². The van der Waals surface area contributed by atoms with Crippen LogP contribution in [0.5, 0.6) is 0 Å². The summed E-state index contributed by atoms with van der Waals surface area (Å²) in [5.41, 5.74) is 9.82. The predicted octanol–water partition coefficient (Wildman–Crippen LogP) is 14.1. The Hall–Kier alpha value is -7.10. The Bertz CT molecular complexity index is 3680. The molecule has 12 rings (SSSR count). The summed E-state index contributed by atoms with van der Waals surface area (Å²) in [5, 5.41) is 6.28. The number of nitrogens with zero attached hydrogens (tertiary/aromatic N) is 2. The van der Waals surface area contributed by atoms with Crippen molar-refractivity contribution in [3.8, 4) is 27.9 Å². The van der Waals surface area contributed by atoms with E-state index in [-0.39, 0.29) is 46.0 Å². The maximum Gasteiger partial charge on any atom is 0.159 e. The van der Waals surface area contributed by atoms with Crippen LogP contribution in [0.3, 0.4) is 0 Å². The molecule has 3 heteroatoms. The van der Waals surface area contributed by atoms with Gasteiger partial charge in [-0.2, -0.15) is 0 Å². The molecule has 0 spiro atoms. The third kappa shape index (κ3) is 4.10. The van der Waals surface area contributed by atoms with Gasteiger partial charge >= 0.3 is 0 Å². The monoisotopic (exact) mass is 682 g/mol. The summed E-state index contributed by atoms with van der Waals surface area (Å²) >= 11 is 0. The van der Waals surface area contributed by atoms with E-state index in [9.17, 15) is 0 Å². The fraction of sp³-hybridized carbons (Fsp3) is 0. The molecule has 3 nitrogen and oxygen atoms in total. The van der Waals surface area contributed by atoms with E-state index in [4.69, 9.17) is 15.4 Å². The molecule has 0 fully saturated rings. The van der Waals surface area contributed by atoms with Crippen LogP contribution in [0.25, 0.3) is 93.2 Å². The number of hydrogen-bond acceptors (Lipinski definition) is 2. The standard InChI is InChI=1S/C50H30N2O/c1-2-11-35(12-3-1)51(48-19-10-16-41-40-15-6-9-20-49(40)53-50(41)48)36-23-21-31-27-42-44(29-33(31)25-36)43-28-32-22-24-37(26-34(32)30-45(42)43)52-46-17-7-4-13-38(46)39-14-5-8-18-47(39)52/h1-30H/i4D,5D,7D,8D,13D,14D,17D,18D. The van der Waals surface area contributed by atoms with Crippen LogP contribution < -0.4 is 4.90 Å². The fourth-order valence-corrected chi connectivity index (χ4v) is 8.27. The third-order valence-corrected chi connectivity index (χ3v) is 10.7. The summed E-state index contributed by atoms with van der Waals surface area (Å²) in [5.74, 6) is 0. The molecule has 53 heavy (non-hydrogen) atoms. The lowest BCUT2D eigenvalue weighted by Crippen LogP contribution is -2.10. The maximum atomic E-state index is 8.92. The minimum absolute atomic E-state index is 0.0627. The van der Waals surface area contributed by atoms with Crippen LogP contribution in [-0.2, 0) is 0 Å². The molecule has 1 aliphatic rings. The highest BCUT2D eigenvalue weighted by atomic mass is 16.3. The predicted molar refractivity (Wildman–Crippen MR) is 222 cm³/mol. The maximum absolute atomic E-state index is 8.92. The van der Waals surface area contributed by atoms with Crippen molar-refractivity contribution in [3.05, 3.63) is 182 Å². The summed E-state index contributed by atoms with van der Waals surface area (Å²) in [6, 6.07) is 42.6. The Labute approximate surface area is 316 Å². The zero-order chi connectivity index (χ0) is 41.6. The molecule has 2 aromatic heterocycles. The third-order valence-electron chi connectivity index (χ3n) is 10.7. The summed E-state index contributed by atoms with van der Waals surface area (Å²) in [6.45, 7) is 0. The van der Waals surface area contributed by atoms with E-state index in [1.54, 1.807) is 4.57 Å². The van der Waals surface area contributed by atoms with Gasteiger partial charge in [0.1, 0.15) is 5.58 Å². The summed E-state index contributed by atoms with van der Waals surface area (Å²) < 4.78 is 77.2. The van der Waals surface area contributed by atoms with Crippen molar-refractivity contribution in [3.63, 3.8) is 0 Å². The number of fused-ring (bicyclic) bond motifs is 12. The fourth-order valence-electron chi connectivity index (χ4n) is 8.27. The molecule has 1 aliphatic carbocycles. The Morgan fingerprint density at radius 2 is 1.06 bits per heavy atom. The first kappa shape index (κ1) is 22.0. The first-order chi connectivity index (χ1) is 29.6. The average Bonchev–Trinajstić information content (AvgIpc) is 3.86. The Balaban J connectivity index is 0.995. The number of anilines is 3. The summed E-state index contributed by atoms with van der Waals surface area (Å²) in [7, 11) is 0. The number of furan rings is 1. The van der Waals surface area contributed by atoms with E-state index in [0.29, 0.717) is 5.69 Å². The molecule has 0 bridgehead atoms. The minimum atomic E-state index is -0.460.